The molecule has 176 valence electrons. The predicted octanol–water partition coefficient (Wildman–Crippen LogP) is 6.73. The molecular weight excluding hydrogens is 412 g/mol. The Hall–Kier alpha value is -3.09. The number of rotatable bonds is 12. The van der Waals surface area contributed by atoms with Crippen molar-refractivity contribution < 1.29 is 4.79 Å². The molecule has 7 heteroatoms. The smallest absolute Gasteiger partial charge is 0.248 e. The maximum Gasteiger partial charge on any atom is 0.248 e. The Morgan fingerprint density at radius 2 is 1.36 bits per heavy atom. The van der Waals surface area contributed by atoms with Crippen molar-refractivity contribution in [2.24, 2.45) is 0 Å². The Morgan fingerprint density at radius 1 is 0.758 bits per heavy atom. The first-order valence-electron chi connectivity index (χ1n) is 12.4. The van der Waals surface area contributed by atoms with Crippen LogP contribution in [0.5, 0.6) is 0 Å². The van der Waals surface area contributed by atoms with Gasteiger partial charge in [-0.05, 0) is 30.7 Å². The van der Waals surface area contributed by atoms with Crippen LogP contribution in [0.3, 0.4) is 0 Å². The van der Waals surface area contributed by atoms with Gasteiger partial charge in [0.15, 0.2) is 0 Å². The molecule has 2 heterocycles. The molecule has 0 aliphatic rings. The summed E-state index contributed by atoms with van der Waals surface area (Å²) in [6, 6.07) is 15.3. The number of nitrogens with one attached hydrogen (secondary N) is 1. The largest absolute Gasteiger partial charge is 0.273 e. The van der Waals surface area contributed by atoms with Gasteiger partial charge in [0.1, 0.15) is 11.0 Å². The fraction of sp³-hybridized carbons (Fsp3) is 0.500. The summed E-state index contributed by atoms with van der Waals surface area (Å²) in [5, 5.41) is 18.2. The minimum Gasteiger partial charge on any atom is -0.273 e. The summed E-state index contributed by atoms with van der Waals surface area (Å²) in [7, 11) is 0. The van der Waals surface area contributed by atoms with Gasteiger partial charge >= 0.3 is 0 Å². The number of aromatic nitrogens is 6. The lowest BCUT2D eigenvalue weighted by Gasteiger charge is -2.03. The number of benzene rings is 2. The molecule has 0 aliphatic carbocycles. The van der Waals surface area contributed by atoms with Gasteiger partial charge in [0.05, 0.1) is 11.0 Å². The fourth-order valence-electron chi connectivity index (χ4n) is 3.89. The summed E-state index contributed by atoms with van der Waals surface area (Å²) in [6.07, 6.45) is 14.8. The van der Waals surface area contributed by atoms with Gasteiger partial charge in [-0.15, -0.1) is 10.2 Å². The van der Waals surface area contributed by atoms with E-state index in [-0.39, 0.29) is 5.91 Å². The lowest BCUT2D eigenvalue weighted by Crippen LogP contribution is -2.12. The number of carbonyl (C=O) groups excluding carboxylic acids is 1. The number of fused-ring (bicyclic) bond motifs is 2. The van der Waals surface area contributed by atoms with E-state index in [9.17, 15) is 4.79 Å². The van der Waals surface area contributed by atoms with Gasteiger partial charge in [-0.3, -0.25) is 9.89 Å². The third-order valence-electron chi connectivity index (χ3n) is 5.81. The van der Waals surface area contributed by atoms with E-state index in [1.165, 1.54) is 62.5 Å². The standard InChI is InChI=1S/C20H31N3O.C6H5N3/c1-2-3-4-5-6-7-8-9-10-11-12-17-20(24)23-19-16-14-13-15-18(19)21-22-23;1-2-4-6-5(3-1)7-9-8-6/h13-16H,2-12,17H2,1H3;1-4H,(H,7,8,9). The Balaban J connectivity index is 0.000000280. The lowest BCUT2D eigenvalue weighted by atomic mass is 10.1. The molecule has 2 aromatic carbocycles. The second-order valence-corrected chi connectivity index (χ2v) is 8.50. The molecule has 1 N–H and O–H groups in total. The number of aromatic amines is 1. The highest BCUT2D eigenvalue weighted by Crippen LogP contribution is 2.14. The molecule has 0 amide bonds. The molecule has 0 radical (unpaired) electrons. The van der Waals surface area contributed by atoms with E-state index in [1.807, 2.05) is 48.5 Å². The van der Waals surface area contributed by atoms with Crippen molar-refractivity contribution in [3.63, 3.8) is 0 Å². The van der Waals surface area contributed by atoms with Crippen LogP contribution in [0, 0.1) is 0 Å². The van der Waals surface area contributed by atoms with E-state index < -0.39 is 0 Å². The van der Waals surface area contributed by atoms with E-state index in [1.54, 1.807) is 0 Å². The quantitative estimate of drug-likeness (QED) is 0.243. The lowest BCUT2D eigenvalue weighted by molar-refractivity contribution is 0.0886. The predicted molar refractivity (Wildman–Crippen MR) is 133 cm³/mol. The Morgan fingerprint density at radius 3 is 2.06 bits per heavy atom. The second-order valence-electron chi connectivity index (χ2n) is 8.50. The molecule has 0 atom stereocenters. The average Bonchev–Trinajstić information content (AvgIpc) is 3.50. The van der Waals surface area contributed by atoms with E-state index in [0.717, 1.165) is 34.9 Å². The number of hydrogen-bond acceptors (Lipinski definition) is 5. The van der Waals surface area contributed by atoms with Crippen LogP contribution in [0.2, 0.25) is 0 Å². The molecule has 0 aliphatic heterocycles. The topological polar surface area (TPSA) is 89.4 Å². The molecule has 0 saturated heterocycles. The van der Waals surface area contributed by atoms with Crippen molar-refractivity contribution in [1.82, 2.24) is 30.4 Å². The maximum absolute atomic E-state index is 12.2. The van der Waals surface area contributed by atoms with Crippen LogP contribution in [0.15, 0.2) is 48.5 Å². The molecule has 7 nitrogen and oxygen atoms in total. The van der Waals surface area contributed by atoms with Gasteiger partial charge in [-0.2, -0.15) is 4.68 Å². The minimum absolute atomic E-state index is 0.0552. The van der Waals surface area contributed by atoms with Crippen molar-refractivity contribution in [1.29, 1.82) is 0 Å². The molecule has 0 fully saturated rings. The van der Waals surface area contributed by atoms with Crippen LogP contribution in [-0.2, 0) is 0 Å². The van der Waals surface area contributed by atoms with Crippen LogP contribution in [0.25, 0.3) is 22.1 Å². The maximum atomic E-state index is 12.2. The first-order valence-corrected chi connectivity index (χ1v) is 12.4. The van der Waals surface area contributed by atoms with Crippen molar-refractivity contribution in [3.8, 4) is 0 Å². The van der Waals surface area contributed by atoms with Gasteiger partial charge < -0.3 is 0 Å². The third kappa shape index (κ3) is 8.08. The average molecular weight is 449 g/mol. The van der Waals surface area contributed by atoms with Gasteiger partial charge in [0, 0.05) is 6.42 Å². The first-order chi connectivity index (χ1) is 16.3. The summed E-state index contributed by atoms with van der Waals surface area (Å²) >= 11 is 0. The molecule has 4 rings (SSSR count). The van der Waals surface area contributed by atoms with E-state index in [4.69, 9.17) is 0 Å². The van der Waals surface area contributed by atoms with Crippen LogP contribution < -0.4 is 0 Å². The zero-order chi connectivity index (χ0) is 23.1. The Labute approximate surface area is 196 Å². The summed E-state index contributed by atoms with van der Waals surface area (Å²) in [5.41, 5.74) is 3.49. The highest BCUT2D eigenvalue weighted by Gasteiger charge is 2.10. The third-order valence-corrected chi connectivity index (χ3v) is 5.81. The van der Waals surface area contributed by atoms with Gasteiger partial charge in [0.2, 0.25) is 5.91 Å². The molecule has 0 bridgehead atoms. The zero-order valence-corrected chi connectivity index (χ0v) is 19.7. The summed E-state index contributed by atoms with van der Waals surface area (Å²) in [5.74, 6) is 0.0552. The van der Waals surface area contributed by atoms with E-state index in [2.05, 4.69) is 32.6 Å². The normalized spacial score (nSPS) is 10.9. The number of nitrogens with zero attached hydrogens (tertiary/aromatic N) is 5. The van der Waals surface area contributed by atoms with Crippen molar-refractivity contribution in [3.05, 3.63) is 48.5 Å². The molecule has 4 aromatic rings. The monoisotopic (exact) mass is 448 g/mol. The number of unbranched alkanes of at least 4 members (excludes halogenated alkanes) is 10. The molecular formula is C26H36N6O. The van der Waals surface area contributed by atoms with Crippen LogP contribution in [0.4, 0.5) is 0 Å². The van der Waals surface area contributed by atoms with Crippen LogP contribution >= 0.6 is 0 Å². The molecule has 33 heavy (non-hydrogen) atoms. The number of carbonyl (C=O) groups is 1. The van der Waals surface area contributed by atoms with Crippen LogP contribution in [0.1, 0.15) is 88.8 Å². The SMILES string of the molecule is CCCCCCCCCCCCCC(=O)n1nnc2ccccc21.c1ccc2[nH]nnc2c1. The zero-order valence-electron chi connectivity index (χ0n) is 19.7. The number of hydrogen-bond donors (Lipinski definition) is 1. The van der Waals surface area contributed by atoms with Crippen LogP contribution in [-0.4, -0.2) is 36.3 Å². The number of H-pyrrole nitrogens is 1. The van der Waals surface area contributed by atoms with Gasteiger partial charge in [0.25, 0.3) is 0 Å². The Kier molecular flexibility index (Phi) is 10.5. The van der Waals surface area contributed by atoms with Crippen molar-refractivity contribution >= 4 is 28.0 Å². The number of para-hydroxylation sites is 2. The van der Waals surface area contributed by atoms with Crippen molar-refractivity contribution in [2.45, 2.75) is 84.0 Å². The molecule has 0 unspecified atom stereocenters. The van der Waals surface area contributed by atoms with Gasteiger partial charge in [-0.25, -0.2) is 0 Å². The summed E-state index contributed by atoms with van der Waals surface area (Å²) < 4.78 is 1.45. The van der Waals surface area contributed by atoms with Gasteiger partial charge in [-0.1, -0.05) is 106 Å². The van der Waals surface area contributed by atoms with E-state index >= 15 is 0 Å². The molecule has 0 saturated carbocycles. The Bertz CT molecular complexity index is 1060. The summed E-state index contributed by atoms with van der Waals surface area (Å²) in [4.78, 5) is 12.2. The van der Waals surface area contributed by atoms with Crippen molar-refractivity contribution in [2.75, 3.05) is 0 Å². The summed E-state index contributed by atoms with van der Waals surface area (Å²) in [6.45, 7) is 2.26. The molecule has 2 aromatic heterocycles. The van der Waals surface area contributed by atoms with E-state index in [0.29, 0.717) is 6.42 Å². The highest BCUT2D eigenvalue weighted by atomic mass is 16.2. The fourth-order valence-corrected chi connectivity index (χ4v) is 3.89. The first kappa shape index (κ1) is 24.6. The second kappa shape index (κ2) is 14.1. The minimum atomic E-state index is 0.0552. The molecule has 0 spiro atoms. The highest BCUT2D eigenvalue weighted by molar-refractivity contribution is 5.88.